The zero-order valence-electron chi connectivity index (χ0n) is 17.1. The van der Waals surface area contributed by atoms with Crippen LogP contribution in [0.4, 0.5) is 5.69 Å². The molecule has 7 nitrogen and oxygen atoms in total. The molecule has 1 fully saturated rings. The number of esters is 1. The lowest BCUT2D eigenvalue weighted by atomic mass is 9.85. The van der Waals surface area contributed by atoms with Gasteiger partial charge in [-0.3, -0.25) is 19.3 Å². The Morgan fingerprint density at radius 3 is 2.24 bits per heavy atom. The van der Waals surface area contributed by atoms with Gasteiger partial charge in [0.25, 0.3) is 5.91 Å². The van der Waals surface area contributed by atoms with Crippen molar-refractivity contribution < 1.29 is 23.9 Å². The highest BCUT2D eigenvalue weighted by Crippen LogP contribution is 2.36. The van der Waals surface area contributed by atoms with Gasteiger partial charge in [0.15, 0.2) is 6.10 Å². The predicted molar refractivity (Wildman–Crippen MR) is 107 cm³/mol. The first-order valence-corrected chi connectivity index (χ1v) is 9.81. The molecule has 1 aliphatic carbocycles. The van der Waals surface area contributed by atoms with Crippen LogP contribution < -0.4 is 5.32 Å². The number of carbonyl (C=O) groups excluding carboxylic acids is 4. The van der Waals surface area contributed by atoms with Crippen LogP contribution in [0, 0.1) is 25.7 Å². The largest absolute Gasteiger partial charge is 0.451 e. The van der Waals surface area contributed by atoms with Gasteiger partial charge in [0.05, 0.1) is 11.8 Å². The lowest BCUT2D eigenvalue weighted by molar-refractivity contribution is -0.163. The van der Waals surface area contributed by atoms with Crippen molar-refractivity contribution in [3.05, 3.63) is 41.5 Å². The molecule has 3 rings (SSSR count). The fraction of sp³-hybridized carbons (Fsp3) is 0.455. The number of rotatable bonds is 5. The van der Waals surface area contributed by atoms with Gasteiger partial charge < -0.3 is 10.1 Å². The van der Waals surface area contributed by atoms with Gasteiger partial charge in [-0.05, 0) is 57.7 Å². The number of anilines is 1. The Hall–Kier alpha value is -2.96. The van der Waals surface area contributed by atoms with E-state index in [1.54, 1.807) is 0 Å². The molecule has 3 amide bonds. The average molecular weight is 398 g/mol. The van der Waals surface area contributed by atoms with Crippen molar-refractivity contribution in [3.63, 3.8) is 0 Å². The topological polar surface area (TPSA) is 92.8 Å². The second kappa shape index (κ2) is 8.19. The molecule has 1 aromatic rings. The van der Waals surface area contributed by atoms with Crippen molar-refractivity contribution in [2.75, 3.05) is 5.32 Å². The molecule has 0 bridgehead atoms. The molecule has 1 heterocycles. The van der Waals surface area contributed by atoms with Gasteiger partial charge in [-0.1, -0.05) is 24.3 Å². The maximum atomic E-state index is 12.6. The quantitative estimate of drug-likeness (QED) is 0.467. The highest BCUT2D eigenvalue weighted by Gasteiger charge is 2.50. The maximum Gasteiger partial charge on any atom is 0.329 e. The van der Waals surface area contributed by atoms with E-state index < -0.39 is 35.9 Å². The number of imide groups is 1. The van der Waals surface area contributed by atoms with E-state index in [1.165, 1.54) is 13.8 Å². The molecule has 0 radical (unpaired) electrons. The molecule has 0 unspecified atom stereocenters. The standard InChI is InChI=1S/C22H26N2O5/c1-12-9-10-13(2)18(11-12)23-19(25)15(4)29-22(28)14(3)24-20(26)16-7-5-6-8-17(16)21(24)27/h5-6,9-11,14-17H,7-8H2,1-4H3,(H,23,25)/t14-,15+,16-,17-/m0/s1. The van der Waals surface area contributed by atoms with Crippen LogP contribution in [0.5, 0.6) is 0 Å². The van der Waals surface area contributed by atoms with Crippen LogP contribution in [0.3, 0.4) is 0 Å². The van der Waals surface area contributed by atoms with E-state index in [1.807, 2.05) is 44.2 Å². The van der Waals surface area contributed by atoms with Crippen LogP contribution >= 0.6 is 0 Å². The van der Waals surface area contributed by atoms with Crippen molar-refractivity contribution in [1.82, 2.24) is 4.90 Å². The zero-order valence-corrected chi connectivity index (χ0v) is 17.1. The highest BCUT2D eigenvalue weighted by atomic mass is 16.5. The molecule has 0 spiro atoms. The number of hydrogen-bond donors (Lipinski definition) is 1. The smallest absolute Gasteiger partial charge is 0.329 e. The van der Waals surface area contributed by atoms with Gasteiger partial charge in [0.1, 0.15) is 6.04 Å². The second-order valence-corrected chi connectivity index (χ2v) is 7.76. The number of aryl methyl sites for hydroxylation is 2. The van der Waals surface area contributed by atoms with E-state index in [2.05, 4.69) is 5.32 Å². The number of likely N-dealkylation sites (tertiary alicyclic amines) is 1. The summed E-state index contributed by atoms with van der Waals surface area (Å²) in [6.07, 6.45) is 3.71. The van der Waals surface area contributed by atoms with E-state index >= 15 is 0 Å². The monoisotopic (exact) mass is 398 g/mol. The van der Waals surface area contributed by atoms with E-state index in [0.717, 1.165) is 16.0 Å². The summed E-state index contributed by atoms with van der Waals surface area (Å²) in [6, 6.07) is 4.59. The Labute approximate surface area is 170 Å². The molecular weight excluding hydrogens is 372 g/mol. The van der Waals surface area contributed by atoms with Crippen molar-refractivity contribution in [2.24, 2.45) is 11.8 Å². The first-order valence-electron chi connectivity index (χ1n) is 9.81. The molecule has 29 heavy (non-hydrogen) atoms. The number of ether oxygens (including phenoxy) is 1. The third-order valence-corrected chi connectivity index (χ3v) is 5.58. The average Bonchev–Trinajstić information content (AvgIpc) is 2.94. The molecule has 0 saturated carbocycles. The van der Waals surface area contributed by atoms with E-state index in [9.17, 15) is 19.2 Å². The summed E-state index contributed by atoms with van der Waals surface area (Å²) in [7, 11) is 0. The number of nitrogens with one attached hydrogen (secondary N) is 1. The predicted octanol–water partition coefficient (Wildman–Crippen LogP) is 2.51. The SMILES string of the molecule is Cc1ccc(C)c(NC(=O)[C@@H](C)OC(=O)[C@H](C)N2C(=O)[C@H]3CC=CC[C@@H]3C2=O)c1. The fourth-order valence-corrected chi connectivity index (χ4v) is 3.74. The summed E-state index contributed by atoms with van der Waals surface area (Å²) in [6.45, 7) is 6.70. The minimum atomic E-state index is -1.07. The minimum Gasteiger partial charge on any atom is -0.451 e. The van der Waals surface area contributed by atoms with Gasteiger partial charge in [-0.2, -0.15) is 0 Å². The summed E-state index contributed by atoms with van der Waals surface area (Å²) >= 11 is 0. The van der Waals surface area contributed by atoms with E-state index in [-0.39, 0.29) is 11.8 Å². The lowest BCUT2D eigenvalue weighted by Gasteiger charge is -2.23. The fourth-order valence-electron chi connectivity index (χ4n) is 3.74. The third-order valence-electron chi connectivity index (χ3n) is 5.58. The molecule has 2 aliphatic rings. The number of fused-ring (bicyclic) bond motifs is 1. The number of carbonyl (C=O) groups is 4. The number of allylic oxidation sites excluding steroid dienone is 2. The summed E-state index contributed by atoms with van der Waals surface area (Å²) < 4.78 is 5.27. The van der Waals surface area contributed by atoms with Crippen molar-refractivity contribution >= 4 is 29.4 Å². The molecule has 154 valence electrons. The number of amides is 3. The molecule has 1 N–H and O–H groups in total. The summed E-state index contributed by atoms with van der Waals surface area (Å²) in [5.74, 6) is -2.76. The molecular formula is C22H26N2O5. The Bertz CT molecular complexity index is 865. The molecule has 1 saturated heterocycles. The van der Waals surface area contributed by atoms with Gasteiger partial charge in [0.2, 0.25) is 11.8 Å². The van der Waals surface area contributed by atoms with E-state index in [4.69, 9.17) is 4.74 Å². The van der Waals surface area contributed by atoms with Crippen LogP contribution in [0.25, 0.3) is 0 Å². The van der Waals surface area contributed by atoms with Gasteiger partial charge in [-0.25, -0.2) is 4.79 Å². The van der Waals surface area contributed by atoms with Crippen molar-refractivity contribution in [2.45, 2.75) is 52.7 Å². The number of nitrogens with zero attached hydrogens (tertiary/aromatic N) is 1. The Kier molecular flexibility index (Phi) is 5.86. The Morgan fingerprint density at radius 1 is 1.07 bits per heavy atom. The lowest BCUT2D eigenvalue weighted by Crippen LogP contribution is -2.46. The third kappa shape index (κ3) is 4.09. The van der Waals surface area contributed by atoms with Crippen LogP contribution in [-0.2, 0) is 23.9 Å². The van der Waals surface area contributed by atoms with Crippen LogP contribution in [0.2, 0.25) is 0 Å². The highest BCUT2D eigenvalue weighted by molar-refractivity contribution is 6.08. The van der Waals surface area contributed by atoms with Crippen LogP contribution in [0.1, 0.15) is 37.8 Å². The Balaban J connectivity index is 1.63. The Morgan fingerprint density at radius 2 is 1.66 bits per heavy atom. The molecule has 1 aliphatic heterocycles. The van der Waals surface area contributed by atoms with E-state index in [0.29, 0.717) is 18.5 Å². The van der Waals surface area contributed by atoms with Crippen molar-refractivity contribution in [1.29, 1.82) is 0 Å². The van der Waals surface area contributed by atoms with Gasteiger partial charge in [-0.15, -0.1) is 0 Å². The number of hydrogen-bond acceptors (Lipinski definition) is 5. The van der Waals surface area contributed by atoms with Gasteiger partial charge in [0, 0.05) is 5.69 Å². The molecule has 7 heteroatoms. The van der Waals surface area contributed by atoms with Crippen molar-refractivity contribution in [3.8, 4) is 0 Å². The molecule has 4 atom stereocenters. The summed E-state index contributed by atoms with van der Waals surface area (Å²) in [5.41, 5.74) is 2.53. The van der Waals surface area contributed by atoms with Crippen LogP contribution in [-0.4, -0.2) is 40.7 Å². The maximum absolute atomic E-state index is 12.6. The summed E-state index contributed by atoms with van der Waals surface area (Å²) in [4.78, 5) is 51.2. The first-order chi connectivity index (χ1) is 13.7. The zero-order chi connectivity index (χ0) is 21.3. The number of benzene rings is 1. The molecule has 1 aromatic carbocycles. The first kappa shape index (κ1) is 20.8. The van der Waals surface area contributed by atoms with Gasteiger partial charge >= 0.3 is 5.97 Å². The van der Waals surface area contributed by atoms with Crippen LogP contribution in [0.15, 0.2) is 30.4 Å². The molecule has 0 aromatic heterocycles. The summed E-state index contributed by atoms with van der Waals surface area (Å²) in [5, 5.41) is 2.75. The second-order valence-electron chi connectivity index (χ2n) is 7.76. The minimum absolute atomic E-state index is 0.346. The normalized spacial score (nSPS) is 22.8.